The maximum atomic E-state index is 12.2. The van der Waals surface area contributed by atoms with Gasteiger partial charge in [-0.25, -0.2) is 0 Å². The zero-order chi connectivity index (χ0) is 14.8. The summed E-state index contributed by atoms with van der Waals surface area (Å²) < 4.78 is 0. The van der Waals surface area contributed by atoms with Gasteiger partial charge in [0.1, 0.15) is 0 Å². The van der Waals surface area contributed by atoms with Crippen LogP contribution in [0.2, 0.25) is 0 Å². The molecule has 0 saturated heterocycles. The average molecular weight is 282 g/mol. The van der Waals surface area contributed by atoms with E-state index in [2.05, 4.69) is 24.1 Å². The van der Waals surface area contributed by atoms with Gasteiger partial charge in [-0.15, -0.1) is 0 Å². The molecule has 3 nitrogen and oxygen atoms in total. The third-order valence-electron chi connectivity index (χ3n) is 4.23. The van der Waals surface area contributed by atoms with Gasteiger partial charge in [0.25, 0.3) is 0 Å². The predicted molar refractivity (Wildman–Crippen MR) is 87.0 cm³/mol. The van der Waals surface area contributed by atoms with E-state index in [-0.39, 0.29) is 13.3 Å². The molecule has 1 aromatic carbocycles. The Labute approximate surface area is 126 Å². The largest absolute Gasteiger partial charge is 0.326 e. The molecule has 110 valence electrons. The fourth-order valence-corrected chi connectivity index (χ4v) is 2.75. The van der Waals surface area contributed by atoms with Crippen molar-refractivity contribution in [2.24, 2.45) is 11.8 Å². The number of amides is 1. The van der Waals surface area contributed by atoms with Crippen LogP contribution in [0.5, 0.6) is 0 Å². The summed E-state index contributed by atoms with van der Waals surface area (Å²) in [5.41, 5.74) is 4.01. The van der Waals surface area contributed by atoms with Crippen LogP contribution in [0.25, 0.3) is 11.3 Å². The number of pyridine rings is 1. The number of anilines is 1. The predicted octanol–water partition coefficient (Wildman–Crippen LogP) is 4.29. The standard InChI is InChI=1S/C18H20N2O.H2/c1-3-13-10-16(13)18(21)20-14-8-7-12(2)15(11-14)17-6-4-5-9-19-17;/h4-9,11,13,16H,3,10H2,1-2H3,(H,20,21);1H/t13-,16+;/m0./s1. The average Bonchev–Trinajstić information content (AvgIpc) is 3.30. The van der Waals surface area contributed by atoms with Crippen LogP contribution < -0.4 is 5.32 Å². The van der Waals surface area contributed by atoms with Crippen molar-refractivity contribution in [2.75, 3.05) is 5.32 Å². The summed E-state index contributed by atoms with van der Waals surface area (Å²) in [5.74, 6) is 0.929. The lowest BCUT2D eigenvalue weighted by Crippen LogP contribution is -2.14. The third-order valence-corrected chi connectivity index (χ3v) is 4.23. The molecule has 2 atom stereocenters. The number of aromatic nitrogens is 1. The molecule has 1 fully saturated rings. The molecule has 0 spiro atoms. The van der Waals surface area contributed by atoms with Gasteiger partial charge in [-0.3, -0.25) is 9.78 Å². The smallest absolute Gasteiger partial charge is 0.227 e. The molecule has 0 aliphatic heterocycles. The second-order valence-corrected chi connectivity index (χ2v) is 5.74. The first kappa shape index (κ1) is 13.8. The minimum atomic E-state index is 0. The van der Waals surface area contributed by atoms with Gasteiger partial charge in [-0.1, -0.05) is 25.5 Å². The first-order valence-electron chi connectivity index (χ1n) is 7.52. The molecular weight excluding hydrogens is 260 g/mol. The molecule has 1 heterocycles. The number of carbonyl (C=O) groups excluding carboxylic acids is 1. The van der Waals surface area contributed by atoms with Gasteiger partial charge in [0.05, 0.1) is 5.69 Å². The summed E-state index contributed by atoms with van der Waals surface area (Å²) in [7, 11) is 0. The number of aryl methyl sites for hydroxylation is 1. The molecule has 3 heteroatoms. The summed E-state index contributed by atoms with van der Waals surface area (Å²) in [4.78, 5) is 16.5. The lowest BCUT2D eigenvalue weighted by molar-refractivity contribution is -0.117. The highest BCUT2D eigenvalue weighted by atomic mass is 16.2. The number of hydrogen-bond donors (Lipinski definition) is 1. The van der Waals surface area contributed by atoms with Crippen molar-refractivity contribution in [3.63, 3.8) is 0 Å². The molecule has 1 aliphatic carbocycles. The van der Waals surface area contributed by atoms with Crippen LogP contribution in [0.1, 0.15) is 26.8 Å². The molecule has 1 aliphatic rings. The number of carbonyl (C=O) groups is 1. The fraction of sp³-hybridized carbons (Fsp3) is 0.333. The molecular formula is C18H22N2O. The third kappa shape index (κ3) is 2.97. The number of benzene rings is 1. The van der Waals surface area contributed by atoms with Crippen molar-refractivity contribution in [1.82, 2.24) is 4.98 Å². The Kier molecular flexibility index (Phi) is 3.74. The van der Waals surface area contributed by atoms with Crippen molar-refractivity contribution in [1.29, 1.82) is 0 Å². The fourth-order valence-electron chi connectivity index (χ4n) is 2.75. The number of hydrogen-bond acceptors (Lipinski definition) is 2. The van der Waals surface area contributed by atoms with Gasteiger partial charge in [0, 0.05) is 24.8 Å². The SMILES string of the molecule is CC[C@H]1C[C@H]1C(=O)Nc1ccc(C)c(-c2ccccn2)c1.[HH]. The van der Waals surface area contributed by atoms with E-state index in [4.69, 9.17) is 0 Å². The summed E-state index contributed by atoms with van der Waals surface area (Å²) >= 11 is 0. The molecule has 3 rings (SSSR count). The maximum Gasteiger partial charge on any atom is 0.227 e. The van der Waals surface area contributed by atoms with Gasteiger partial charge in [0.15, 0.2) is 0 Å². The summed E-state index contributed by atoms with van der Waals surface area (Å²) in [6.07, 6.45) is 3.91. The normalized spacial score (nSPS) is 20.1. The highest BCUT2D eigenvalue weighted by Gasteiger charge is 2.41. The quantitative estimate of drug-likeness (QED) is 0.909. The number of nitrogens with one attached hydrogen (secondary N) is 1. The van der Waals surface area contributed by atoms with Crippen molar-refractivity contribution in [3.8, 4) is 11.3 Å². The molecule has 21 heavy (non-hydrogen) atoms. The Morgan fingerprint density at radius 3 is 2.90 bits per heavy atom. The van der Waals surface area contributed by atoms with Gasteiger partial charge >= 0.3 is 0 Å². The number of nitrogens with zero attached hydrogens (tertiary/aromatic N) is 1. The molecule has 0 unspecified atom stereocenters. The highest BCUT2D eigenvalue weighted by Crippen LogP contribution is 2.41. The Balaban J connectivity index is 0.00000176. The van der Waals surface area contributed by atoms with E-state index in [9.17, 15) is 4.79 Å². The van der Waals surface area contributed by atoms with Crippen molar-refractivity contribution >= 4 is 11.6 Å². The Bertz CT molecular complexity index is 657. The van der Waals surface area contributed by atoms with Crippen molar-refractivity contribution in [2.45, 2.75) is 26.7 Å². The van der Waals surface area contributed by atoms with Gasteiger partial charge < -0.3 is 5.32 Å². The minimum absolute atomic E-state index is 0. The molecule has 2 aromatic rings. The van der Waals surface area contributed by atoms with Crippen molar-refractivity contribution in [3.05, 3.63) is 48.2 Å². The Hall–Kier alpha value is -2.16. The number of rotatable bonds is 4. The zero-order valence-corrected chi connectivity index (χ0v) is 12.5. The van der Waals surface area contributed by atoms with E-state index < -0.39 is 0 Å². The van der Waals surface area contributed by atoms with Crippen LogP contribution in [-0.4, -0.2) is 10.9 Å². The van der Waals surface area contributed by atoms with Crippen LogP contribution in [0.3, 0.4) is 0 Å². The van der Waals surface area contributed by atoms with Gasteiger partial charge in [0.2, 0.25) is 5.91 Å². The first-order chi connectivity index (χ1) is 10.2. The van der Waals surface area contributed by atoms with Crippen LogP contribution in [0.4, 0.5) is 5.69 Å². The highest BCUT2D eigenvalue weighted by molar-refractivity contribution is 5.95. The van der Waals surface area contributed by atoms with E-state index in [0.29, 0.717) is 5.92 Å². The molecule has 1 aromatic heterocycles. The van der Waals surface area contributed by atoms with E-state index in [1.165, 1.54) is 0 Å². The molecule has 1 saturated carbocycles. The van der Waals surface area contributed by atoms with Crippen molar-refractivity contribution < 1.29 is 6.22 Å². The molecule has 1 N–H and O–H groups in total. The van der Waals surface area contributed by atoms with Gasteiger partial charge in [-0.05, 0) is 49.1 Å². The summed E-state index contributed by atoms with van der Waals surface area (Å²) in [6.45, 7) is 4.20. The van der Waals surface area contributed by atoms with E-state index in [1.807, 2.05) is 36.4 Å². The topological polar surface area (TPSA) is 42.0 Å². The zero-order valence-electron chi connectivity index (χ0n) is 12.5. The Morgan fingerprint density at radius 1 is 1.38 bits per heavy atom. The minimum Gasteiger partial charge on any atom is -0.326 e. The van der Waals surface area contributed by atoms with Gasteiger partial charge in [-0.2, -0.15) is 0 Å². The monoisotopic (exact) mass is 282 g/mol. The second-order valence-electron chi connectivity index (χ2n) is 5.74. The second kappa shape index (κ2) is 5.68. The van der Waals surface area contributed by atoms with Crippen LogP contribution in [0, 0.1) is 18.8 Å². The van der Waals surface area contributed by atoms with Crippen LogP contribution in [-0.2, 0) is 4.79 Å². The van der Waals surface area contributed by atoms with E-state index in [0.717, 1.165) is 35.3 Å². The summed E-state index contributed by atoms with van der Waals surface area (Å²) in [5, 5.41) is 3.04. The Morgan fingerprint density at radius 2 is 2.24 bits per heavy atom. The maximum absolute atomic E-state index is 12.2. The van der Waals surface area contributed by atoms with Crippen LogP contribution >= 0.6 is 0 Å². The summed E-state index contributed by atoms with van der Waals surface area (Å²) in [6, 6.07) is 11.9. The van der Waals surface area contributed by atoms with E-state index in [1.54, 1.807) is 6.20 Å². The lowest BCUT2D eigenvalue weighted by atomic mass is 10.0. The van der Waals surface area contributed by atoms with Crippen LogP contribution in [0.15, 0.2) is 42.6 Å². The molecule has 0 radical (unpaired) electrons. The lowest BCUT2D eigenvalue weighted by Gasteiger charge is -2.10. The first-order valence-corrected chi connectivity index (χ1v) is 7.52. The van der Waals surface area contributed by atoms with E-state index >= 15 is 0 Å². The molecule has 1 amide bonds. The molecule has 0 bridgehead atoms.